The number of rotatable bonds is 6. The topological polar surface area (TPSA) is 122 Å². The van der Waals surface area contributed by atoms with E-state index in [1.54, 1.807) is 25.1 Å². The van der Waals surface area contributed by atoms with Crippen molar-refractivity contribution in [2.45, 2.75) is 11.8 Å². The third kappa shape index (κ3) is 4.98. The molecule has 28 heavy (non-hydrogen) atoms. The number of hydrogen-bond acceptors (Lipinski definition) is 6. The van der Waals surface area contributed by atoms with Crippen LogP contribution < -0.4 is 10.0 Å². The zero-order valence-corrected chi connectivity index (χ0v) is 15.6. The molecule has 0 bridgehead atoms. The van der Waals surface area contributed by atoms with Gasteiger partial charge in [0.1, 0.15) is 11.5 Å². The van der Waals surface area contributed by atoms with Crippen molar-refractivity contribution in [1.29, 1.82) is 0 Å². The molecule has 0 aliphatic carbocycles. The number of phenols is 1. The Balaban J connectivity index is 1.63. The van der Waals surface area contributed by atoms with Crippen molar-refractivity contribution >= 4 is 33.5 Å². The molecule has 0 saturated carbocycles. The van der Waals surface area contributed by atoms with E-state index < -0.39 is 10.0 Å². The lowest BCUT2D eigenvalue weighted by molar-refractivity contribution is -0.111. The Kier molecular flexibility index (Phi) is 5.46. The minimum atomic E-state index is -3.81. The molecule has 0 atom stereocenters. The van der Waals surface area contributed by atoms with E-state index in [1.807, 2.05) is 0 Å². The highest BCUT2D eigenvalue weighted by atomic mass is 32.2. The molecule has 0 saturated heterocycles. The van der Waals surface area contributed by atoms with Gasteiger partial charge in [-0.3, -0.25) is 9.52 Å². The lowest BCUT2D eigenvalue weighted by atomic mass is 10.2. The summed E-state index contributed by atoms with van der Waals surface area (Å²) in [7, 11) is -3.81. The van der Waals surface area contributed by atoms with E-state index in [2.05, 4.69) is 15.2 Å². The maximum Gasteiger partial charge on any atom is 0.263 e. The number of phenolic OH excluding ortho intramolecular Hbond substituents is 1. The van der Waals surface area contributed by atoms with Crippen LogP contribution in [0.25, 0.3) is 6.08 Å². The van der Waals surface area contributed by atoms with Crippen LogP contribution in [-0.2, 0) is 14.8 Å². The molecule has 144 valence electrons. The van der Waals surface area contributed by atoms with Gasteiger partial charge in [-0.15, -0.1) is 0 Å². The van der Waals surface area contributed by atoms with Gasteiger partial charge in [0.25, 0.3) is 10.0 Å². The maximum absolute atomic E-state index is 12.3. The van der Waals surface area contributed by atoms with Crippen LogP contribution in [0, 0.1) is 6.92 Å². The zero-order valence-electron chi connectivity index (χ0n) is 14.8. The fourth-order valence-electron chi connectivity index (χ4n) is 2.27. The molecule has 3 aromatic rings. The molecule has 1 amide bonds. The maximum atomic E-state index is 12.3. The van der Waals surface area contributed by atoms with E-state index in [4.69, 9.17) is 4.52 Å². The summed E-state index contributed by atoms with van der Waals surface area (Å²) >= 11 is 0. The smallest absolute Gasteiger partial charge is 0.263 e. The number of anilines is 2. The van der Waals surface area contributed by atoms with Gasteiger partial charge in [-0.05, 0) is 55.0 Å². The van der Waals surface area contributed by atoms with Gasteiger partial charge in [0, 0.05) is 17.8 Å². The van der Waals surface area contributed by atoms with Crippen molar-refractivity contribution in [3.8, 4) is 5.75 Å². The van der Waals surface area contributed by atoms with Crippen molar-refractivity contribution in [2.24, 2.45) is 0 Å². The second kappa shape index (κ2) is 7.97. The van der Waals surface area contributed by atoms with Gasteiger partial charge in [-0.2, -0.15) is 0 Å². The number of aromatic hydroxyl groups is 1. The lowest BCUT2D eigenvalue weighted by Gasteiger charge is -2.06. The van der Waals surface area contributed by atoms with Gasteiger partial charge < -0.3 is 14.9 Å². The average Bonchev–Trinajstić information content (AvgIpc) is 3.06. The Morgan fingerprint density at radius 3 is 2.39 bits per heavy atom. The predicted molar refractivity (Wildman–Crippen MR) is 104 cm³/mol. The largest absolute Gasteiger partial charge is 0.508 e. The third-order valence-corrected chi connectivity index (χ3v) is 4.99. The van der Waals surface area contributed by atoms with E-state index in [1.165, 1.54) is 48.5 Å². The van der Waals surface area contributed by atoms with Crippen molar-refractivity contribution in [1.82, 2.24) is 5.16 Å². The Bertz CT molecular complexity index is 1100. The minimum Gasteiger partial charge on any atom is -0.508 e. The summed E-state index contributed by atoms with van der Waals surface area (Å²) in [5, 5.41) is 15.5. The molecular weight excluding hydrogens is 382 g/mol. The van der Waals surface area contributed by atoms with Gasteiger partial charge in [-0.25, -0.2) is 8.42 Å². The molecule has 0 radical (unpaired) electrons. The van der Waals surface area contributed by atoms with Crippen molar-refractivity contribution < 1.29 is 22.8 Å². The normalized spacial score (nSPS) is 11.5. The molecule has 1 aromatic heterocycles. The summed E-state index contributed by atoms with van der Waals surface area (Å²) in [6.45, 7) is 1.65. The molecule has 0 aliphatic heterocycles. The van der Waals surface area contributed by atoms with Gasteiger partial charge in [0.05, 0.1) is 4.90 Å². The standard InChI is InChI=1S/C19H17N3O5S/c1-13-12-18(21-27-13)22-28(25,26)17-9-5-15(6-10-17)20-19(24)11-4-14-2-7-16(23)8-3-14/h2-12,23H,1H3,(H,20,24)(H,21,22)/b11-4+. The monoisotopic (exact) mass is 399 g/mol. The first-order valence-corrected chi connectivity index (χ1v) is 9.64. The number of aromatic nitrogens is 1. The van der Waals surface area contributed by atoms with Crippen LogP contribution in [0.3, 0.4) is 0 Å². The zero-order chi connectivity index (χ0) is 20.1. The second-order valence-electron chi connectivity index (χ2n) is 5.87. The summed E-state index contributed by atoms with van der Waals surface area (Å²) in [4.78, 5) is 12.0. The highest BCUT2D eigenvalue weighted by Gasteiger charge is 2.16. The summed E-state index contributed by atoms with van der Waals surface area (Å²) in [5.74, 6) is 0.343. The Morgan fingerprint density at radius 2 is 1.79 bits per heavy atom. The highest BCUT2D eigenvalue weighted by molar-refractivity contribution is 7.92. The third-order valence-electron chi connectivity index (χ3n) is 3.62. The van der Waals surface area contributed by atoms with Gasteiger partial charge in [0.15, 0.2) is 5.82 Å². The molecule has 9 heteroatoms. The number of aryl methyl sites for hydroxylation is 1. The van der Waals surface area contributed by atoms with Crippen molar-refractivity contribution in [2.75, 3.05) is 10.0 Å². The number of nitrogens with one attached hydrogen (secondary N) is 2. The molecule has 0 spiro atoms. The molecule has 1 heterocycles. The Morgan fingerprint density at radius 1 is 1.11 bits per heavy atom. The molecular formula is C19H17N3O5S. The van der Waals surface area contributed by atoms with Gasteiger partial charge >= 0.3 is 0 Å². The number of carbonyl (C=O) groups excluding carboxylic acids is 1. The van der Waals surface area contributed by atoms with Crippen LogP contribution in [0.15, 0.2) is 70.1 Å². The SMILES string of the molecule is Cc1cc(NS(=O)(=O)c2ccc(NC(=O)/C=C/c3ccc(O)cc3)cc2)no1. The number of hydrogen-bond donors (Lipinski definition) is 3. The molecule has 0 aliphatic rings. The van der Waals surface area contributed by atoms with E-state index in [9.17, 15) is 18.3 Å². The van der Waals surface area contributed by atoms with Crippen LogP contribution in [0.1, 0.15) is 11.3 Å². The van der Waals surface area contributed by atoms with E-state index >= 15 is 0 Å². The fourth-order valence-corrected chi connectivity index (χ4v) is 3.25. The van der Waals surface area contributed by atoms with E-state index in [0.29, 0.717) is 11.4 Å². The summed E-state index contributed by atoms with van der Waals surface area (Å²) in [6, 6.07) is 13.5. The first-order chi connectivity index (χ1) is 13.3. The van der Waals surface area contributed by atoms with Crippen LogP contribution in [0.2, 0.25) is 0 Å². The molecule has 3 N–H and O–H groups in total. The van der Waals surface area contributed by atoms with E-state index in [-0.39, 0.29) is 22.4 Å². The minimum absolute atomic E-state index is 0.0192. The predicted octanol–water partition coefficient (Wildman–Crippen LogP) is 3.14. The average molecular weight is 399 g/mol. The lowest BCUT2D eigenvalue weighted by Crippen LogP contribution is -2.13. The summed E-state index contributed by atoms with van der Waals surface area (Å²) in [6.07, 6.45) is 2.93. The van der Waals surface area contributed by atoms with Crippen molar-refractivity contribution in [3.05, 3.63) is 72.0 Å². The van der Waals surface area contributed by atoms with Gasteiger partial charge in [-0.1, -0.05) is 17.3 Å². The molecule has 3 rings (SSSR count). The quantitative estimate of drug-likeness (QED) is 0.548. The van der Waals surface area contributed by atoms with Crippen LogP contribution in [-0.4, -0.2) is 24.6 Å². The van der Waals surface area contributed by atoms with Crippen LogP contribution in [0.4, 0.5) is 11.5 Å². The first-order valence-electron chi connectivity index (χ1n) is 8.16. The molecule has 0 fully saturated rings. The van der Waals surface area contributed by atoms with Gasteiger partial charge in [0.2, 0.25) is 5.91 Å². The first kappa shape index (κ1) is 19.2. The highest BCUT2D eigenvalue weighted by Crippen LogP contribution is 2.18. The Labute approximate surface area is 161 Å². The molecule has 2 aromatic carbocycles. The molecule has 8 nitrogen and oxygen atoms in total. The number of amides is 1. The molecule has 0 unspecified atom stereocenters. The number of benzene rings is 2. The Hall–Kier alpha value is -3.59. The number of carbonyl (C=O) groups is 1. The fraction of sp³-hybridized carbons (Fsp3) is 0.0526. The van der Waals surface area contributed by atoms with Crippen LogP contribution >= 0.6 is 0 Å². The van der Waals surface area contributed by atoms with Crippen molar-refractivity contribution in [3.63, 3.8) is 0 Å². The van der Waals surface area contributed by atoms with Crippen LogP contribution in [0.5, 0.6) is 5.75 Å². The summed E-state index contributed by atoms with van der Waals surface area (Å²) in [5.41, 5.74) is 1.19. The number of nitrogens with zero attached hydrogens (tertiary/aromatic N) is 1. The van der Waals surface area contributed by atoms with E-state index in [0.717, 1.165) is 5.56 Å². The number of sulfonamides is 1. The summed E-state index contributed by atoms with van der Waals surface area (Å²) < 4.78 is 31.8. The second-order valence-corrected chi connectivity index (χ2v) is 7.55.